The van der Waals surface area contributed by atoms with E-state index >= 15 is 0 Å². The lowest BCUT2D eigenvalue weighted by Gasteiger charge is -2.47. The third-order valence-electron chi connectivity index (χ3n) is 7.88. The van der Waals surface area contributed by atoms with Crippen LogP contribution in [-0.4, -0.2) is 29.1 Å². The molecule has 5 rings (SSSR count). The van der Waals surface area contributed by atoms with Crippen molar-refractivity contribution in [2.75, 3.05) is 11.1 Å². The number of para-hydroxylation sites is 2. The first-order valence-corrected chi connectivity index (χ1v) is 11.1. The maximum absolute atomic E-state index is 6.16. The number of fused-ring (bicyclic) bond motifs is 4. The molecule has 2 saturated heterocycles. The Balaban J connectivity index is 1.27. The van der Waals surface area contributed by atoms with Crippen LogP contribution in [0.1, 0.15) is 70.6 Å². The van der Waals surface area contributed by atoms with E-state index in [9.17, 15) is 0 Å². The van der Waals surface area contributed by atoms with Gasteiger partial charge in [-0.05, 0) is 68.9 Å². The predicted molar refractivity (Wildman–Crippen MR) is 109 cm³/mol. The minimum Gasteiger partial charge on any atom is -0.397 e. The molecule has 142 valence electrons. The molecule has 26 heavy (non-hydrogen) atoms. The van der Waals surface area contributed by atoms with Crippen LogP contribution in [0.15, 0.2) is 24.3 Å². The van der Waals surface area contributed by atoms with E-state index in [2.05, 4.69) is 22.3 Å². The van der Waals surface area contributed by atoms with Crippen molar-refractivity contribution in [1.29, 1.82) is 0 Å². The smallest absolute Gasteiger partial charge is 0.0576 e. The second kappa shape index (κ2) is 7.07. The molecule has 1 aromatic rings. The molecule has 3 nitrogen and oxygen atoms in total. The van der Waals surface area contributed by atoms with E-state index in [4.69, 9.17) is 5.73 Å². The summed E-state index contributed by atoms with van der Waals surface area (Å²) in [5.41, 5.74) is 8.18. The molecule has 5 atom stereocenters. The van der Waals surface area contributed by atoms with Gasteiger partial charge in [0.05, 0.1) is 11.4 Å². The van der Waals surface area contributed by atoms with E-state index in [1.54, 1.807) is 0 Å². The molecule has 2 unspecified atom stereocenters. The van der Waals surface area contributed by atoms with E-state index in [0.717, 1.165) is 41.3 Å². The molecule has 0 aromatic heterocycles. The van der Waals surface area contributed by atoms with Gasteiger partial charge in [0.1, 0.15) is 0 Å². The summed E-state index contributed by atoms with van der Waals surface area (Å²) in [4.78, 5) is 3.01. The van der Waals surface area contributed by atoms with Crippen molar-refractivity contribution in [2.24, 2.45) is 11.8 Å². The molecule has 4 aliphatic rings. The summed E-state index contributed by atoms with van der Waals surface area (Å²) in [6.07, 6.45) is 16.0. The van der Waals surface area contributed by atoms with Crippen molar-refractivity contribution in [3.8, 4) is 0 Å². The van der Waals surface area contributed by atoms with E-state index < -0.39 is 0 Å². The number of nitrogens with zero attached hydrogens (tertiary/aromatic N) is 1. The fourth-order valence-electron chi connectivity index (χ4n) is 6.89. The summed E-state index contributed by atoms with van der Waals surface area (Å²) in [5.74, 6) is 2.06. The fraction of sp³-hybridized carbons (Fsp3) is 0.739. The Morgan fingerprint density at radius 1 is 0.769 bits per heavy atom. The number of anilines is 2. The highest BCUT2D eigenvalue weighted by Crippen LogP contribution is 2.46. The fourth-order valence-corrected chi connectivity index (χ4v) is 6.89. The SMILES string of the molecule is Nc1ccccc1N[C@H]1C[C@H]2CC[C@@H](C1)N2C1CC2CCCCC(C2)C1. The largest absolute Gasteiger partial charge is 0.397 e. The van der Waals surface area contributed by atoms with Crippen molar-refractivity contribution in [3.05, 3.63) is 24.3 Å². The van der Waals surface area contributed by atoms with Gasteiger partial charge in [0.2, 0.25) is 0 Å². The van der Waals surface area contributed by atoms with Crippen LogP contribution in [0.3, 0.4) is 0 Å². The van der Waals surface area contributed by atoms with Gasteiger partial charge >= 0.3 is 0 Å². The summed E-state index contributed by atoms with van der Waals surface area (Å²) >= 11 is 0. The van der Waals surface area contributed by atoms with Gasteiger partial charge in [-0.3, -0.25) is 4.90 Å². The number of nitrogen functional groups attached to an aromatic ring is 1. The van der Waals surface area contributed by atoms with Crippen LogP contribution in [0, 0.1) is 11.8 Å². The number of hydrogen-bond donors (Lipinski definition) is 2. The van der Waals surface area contributed by atoms with E-state index in [1.807, 2.05) is 12.1 Å². The Morgan fingerprint density at radius 2 is 1.42 bits per heavy atom. The zero-order valence-electron chi connectivity index (χ0n) is 16.1. The Kier molecular flexibility index (Phi) is 4.60. The number of nitrogens with one attached hydrogen (secondary N) is 1. The van der Waals surface area contributed by atoms with Gasteiger partial charge in [-0.1, -0.05) is 37.8 Å². The molecule has 4 fully saturated rings. The summed E-state index contributed by atoms with van der Waals surface area (Å²) in [6, 6.07) is 11.4. The highest BCUT2D eigenvalue weighted by molar-refractivity contribution is 5.66. The topological polar surface area (TPSA) is 41.3 Å². The third-order valence-corrected chi connectivity index (χ3v) is 7.88. The quantitative estimate of drug-likeness (QED) is 0.748. The second-order valence-electron chi connectivity index (χ2n) is 9.61. The zero-order chi connectivity index (χ0) is 17.5. The molecule has 0 spiro atoms. The molecule has 0 radical (unpaired) electrons. The minimum atomic E-state index is 0.597. The van der Waals surface area contributed by atoms with Crippen LogP contribution >= 0.6 is 0 Å². The summed E-state index contributed by atoms with van der Waals surface area (Å²) in [7, 11) is 0. The lowest BCUT2D eigenvalue weighted by Crippen LogP contribution is -2.53. The van der Waals surface area contributed by atoms with Crippen LogP contribution in [0.2, 0.25) is 0 Å². The van der Waals surface area contributed by atoms with Crippen molar-refractivity contribution in [1.82, 2.24) is 4.90 Å². The van der Waals surface area contributed by atoms with Crippen LogP contribution < -0.4 is 11.1 Å². The normalized spacial score (nSPS) is 40.2. The predicted octanol–water partition coefficient (Wildman–Crippen LogP) is 5.04. The number of rotatable bonds is 3. The third kappa shape index (κ3) is 3.24. The number of benzene rings is 1. The first kappa shape index (κ1) is 16.9. The van der Waals surface area contributed by atoms with Gasteiger partial charge < -0.3 is 11.1 Å². The van der Waals surface area contributed by atoms with Gasteiger partial charge in [-0.2, -0.15) is 0 Å². The molecule has 3 N–H and O–H groups in total. The molecule has 2 heterocycles. The van der Waals surface area contributed by atoms with E-state index in [1.165, 1.54) is 70.6 Å². The van der Waals surface area contributed by atoms with Gasteiger partial charge in [-0.25, -0.2) is 0 Å². The van der Waals surface area contributed by atoms with Gasteiger partial charge in [0.25, 0.3) is 0 Å². The average molecular weight is 354 g/mol. The summed E-state index contributed by atoms with van der Waals surface area (Å²) in [6.45, 7) is 0. The standard InChI is InChI=1S/C23H35N3/c24-22-7-3-4-8-23(22)25-18-14-19-9-10-20(15-18)26(19)21-12-16-5-1-2-6-17(11-16)13-21/h3-4,7-8,16-21,25H,1-2,5-6,9-15,24H2/t16?,17?,18-,19+,20-,21?. The maximum atomic E-state index is 6.16. The summed E-state index contributed by atoms with van der Waals surface area (Å²) < 4.78 is 0. The van der Waals surface area contributed by atoms with Crippen molar-refractivity contribution in [3.63, 3.8) is 0 Å². The van der Waals surface area contributed by atoms with Crippen LogP contribution in [-0.2, 0) is 0 Å². The molecule has 0 amide bonds. The summed E-state index contributed by atoms with van der Waals surface area (Å²) in [5, 5.41) is 3.77. The Bertz CT molecular complexity index is 602. The van der Waals surface area contributed by atoms with Gasteiger partial charge in [0, 0.05) is 24.2 Å². The minimum absolute atomic E-state index is 0.597. The van der Waals surface area contributed by atoms with Crippen LogP contribution in [0.4, 0.5) is 11.4 Å². The maximum Gasteiger partial charge on any atom is 0.0576 e. The number of nitrogens with two attached hydrogens (primary N) is 1. The van der Waals surface area contributed by atoms with E-state index in [0.29, 0.717) is 6.04 Å². The number of hydrogen-bond acceptors (Lipinski definition) is 3. The van der Waals surface area contributed by atoms with E-state index in [-0.39, 0.29) is 0 Å². The molecule has 3 heteroatoms. The Morgan fingerprint density at radius 3 is 2.08 bits per heavy atom. The molecular weight excluding hydrogens is 318 g/mol. The Hall–Kier alpha value is -1.22. The lowest BCUT2D eigenvalue weighted by molar-refractivity contribution is 0.0322. The molecule has 1 aromatic carbocycles. The highest BCUT2D eigenvalue weighted by atomic mass is 15.3. The highest BCUT2D eigenvalue weighted by Gasteiger charge is 2.46. The van der Waals surface area contributed by atoms with Crippen LogP contribution in [0.5, 0.6) is 0 Å². The first-order chi connectivity index (χ1) is 12.8. The molecular formula is C23H35N3. The molecule has 4 bridgehead atoms. The monoisotopic (exact) mass is 353 g/mol. The second-order valence-corrected chi connectivity index (χ2v) is 9.61. The lowest BCUT2D eigenvalue weighted by atomic mass is 9.76. The average Bonchev–Trinajstić information content (AvgIpc) is 2.80. The molecule has 2 saturated carbocycles. The zero-order valence-corrected chi connectivity index (χ0v) is 16.1. The van der Waals surface area contributed by atoms with Crippen molar-refractivity contribution < 1.29 is 0 Å². The van der Waals surface area contributed by atoms with Crippen molar-refractivity contribution in [2.45, 2.75) is 94.8 Å². The van der Waals surface area contributed by atoms with Crippen molar-refractivity contribution >= 4 is 11.4 Å². The number of piperidine rings is 1. The Labute approximate surface area is 158 Å². The molecule has 2 aliphatic heterocycles. The first-order valence-electron chi connectivity index (χ1n) is 11.1. The van der Waals surface area contributed by atoms with Gasteiger partial charge in [0.15, 0.2) is 0 Å². The van der Waals surface area contributed by atoms with Gasteiger partial charge in [-0.15, -0.1) is 0 Å². The van der Waals surface area contributed by atoms with Crippen LogP contribution in [0.25, 0.3) is 0 Å². The molecule has 2 aliphatic carbocycles.